The summed E-state index contributed by atoms with van der Waals surface area (Å²) in [5.74, 6) is -0.575. The minimum absolute atomic E-state index is 0.278. The minimum Gasteiger partial charge on any atom is -0.477 e. The van der Waals surface area contributed by atoms with E-state index in [1.165, 1.54) is 4.88 Å². The number of aromatic amines is 1. The highest BCUT2D eigenvalue weighted by Crippen LogP contribution is 2.38. The van der Waals surface area contributed by atoms with E-state index >= 15 is 0 Å². The number of rotatable bonds is 3. The molecule has 0 radical (unpaired) electrons. The van der Waals surface area contributed by atoms with Crippen LogP contribution >= 0.6 is 11.3 Å². The van der Waals surface area contributed by atoms with E-state index in [-0.39, 0.29) is 5.69 Å². The van der Waals surface area contributed by atoms with Crippen molar-refractivity contribution in [1.29, 1.82) is 0 Å². The number of thiophene rings is 1. The Balaban J connectivity index is 2.38. The van der Waals surface area contributed by atoms with Crippen LogP contribution < -0.4 is 0 Å². The van der Waals surface area contributed by atoms with Crippen molar-refractivity contribution in [3.63, 3.8) is 0 Å². The average molecular weight is 299 g/mol. The van der Waals surface area contributed by atoms with Crippen molar-refractivity contribution in [3.05, 3.63) is 46.5 Å². The molecule has 0 aliphatic rings. The topological polar surface area (TPSA) is 53.1 Å². The van der Waals surface area contributed by atoms with E-state index < -0.39 is 5.97 Å². The quantitative estimate of drug-likeness (QED) is 0.713. The van der Waals surface area contributed by atoms with Crippen molar-refractivity contribution in [1.82, 2.24) is 4.98 Å². The lowest BCUT2D eigenvalue weighted by Gasteiger charge is -2.06. The molecule has 2 N–H and O–H groups in total. The molecule has 0 bridgehead atoms. The summed E-state index contributed by atoms with van der Waals surface area (Å²) < 4.78 is 0. The van der Waals surface area contributed by atoms with Crippen LogP contribution in [0.15, 0.2) is 30.3 Å². The molecule has 0 spiro atoms. The first kappa shape index (κ1) is 13.9. The van der Waals surface area contributed by atoms with Crippen molar-refractivity contribution < 1.29 is 9.90 Å². The second-order valence-corrected chi connectivity index (χ2v) is 6.80. The van der Waals surface area contributed by atoms with Crippen molar-refractivity contribution >= 4 is 28.2 Å². The number of para-hydroxylation sites is 1. The monoisotopic (exact) mass is 299 g/mol. The number of aryl methyl sites for hydroxylation is 1. The lowest BCUT2D eigenvalue weighted by molar-refractivity contribution is 0.0692. The van der Waals surface area contributed by atoms with Gasteiger partial charge in [0, 0.05) is 20.7 Å². The maximum absolute atomic E-state index is 11.6. The summed E-state index contributed by atoms with van der Waals surface area (Å²) in [6.07, 6.45) is 0. The van der Waals surface area contributed by atoms with Crippen molar-refractivity contribution in [2.75, 3.05) is 0 Å². The van der Waals surface area contributed by atoms with E-state index in [0.717, 1.165) is 26.9 Å². The van der Waals surface area contributed by atoms with Crippen LogP contribution in [0.1, 0.15) is 40.7 Å². The molecule has 0 aliphatic heterocycles. The van der Waals surface area contributed by atoms with Gasteiger partial charge in [-0.25, -0.2) is 4.79 Å². The fourth-order valence-corrected chi connectivity index (χ4v) is 3.64. The highest BCUT2D eigenvalue weighted by atomic mass is 32.1. The Morgan fingerprint density at radius 2 is 2.00 bits per heavy atom. The van der Waals surface area contributed by atoms with Gasteiger partial charge in [-0.2, -0.15) is 0 Å². The number of nitrogens with one attached hydrogen (secondary N) is 1. The molecule has 3 rings (SSSR count). The zero-order valence-corrected chi connectivity index (χ0v) is 13.0. The van der Waals surface area contributed by atoms with Gasteiger partial charge in [0.2, 0.25) is 0 Å². The predicted octanol–water partition coefficient (Wildman–Crippen LogP) is 5.03. The Morgan fingerprint density at radius 3 is 2.57 bits per heavy atom. The third-order valence-corrected chi connectivity index (χ3v) is 4.71. The molecule has 0 unspecified atom stereocenters. The van der Waals surface area contributed by atoms with Gasteiger partial charge in [0.15, 0.2) is 0 Å². The first-order valence-electron chi connectivity index (χ1n) is 6.93. The summed E-state index contributed by atoms with van der Waals surface area (Å²) >= 11 is 1.62. The summed E-state index contributed by atoms with van der Waals surface area (Å²) in [6.45, 7) is 6.26. The standard InChI is InChI=1S/C17H17NO2S/c1-9(2)11-5-4-6-12-14(13-8-7-10(3)21-13)16(17(19)20)18-15(11)12/h4-9,18H,1-3H3,(H,19,20). The lowest BCUT2D eigenvalue weighted by Crippen LogP contribution is -1.98. The molecule has 3 nitrogen and oxygen atoms in total. The number of carboxylic acid groups (broad SMARTS) is 1. The van der Waals surface area contributed by atoms with E-state index in [4.69, 9.17) is 0 Å². The smallest absolute Gasteiger partial charge is 0.353 e. The summed E-state index contributed by atoms with van der Waals surface area (Å²) in [6, 6.07) is 10.1. The third kappa shape index (κ3) is 2.25. The first-order chi connectivity index (χ1) is 9.99. The number of carbonyl (C=O) groups is 1. The van der Waals surface area contributed by atoms with Gasteiger partial charge >= 0.3 is 5.97 Å². The van der Waals surface area contributed by atoms with Crippen LogP contribution in [0.3, 0.4) is 0 Å². The van der Waals surface area contributed by atoms with Crippen LogP contribution in [0.5, 0.6) is 0 Å². The Labute approximate surface area is 127 Å². The van der Waals surface area contributed by atoms with E-state index in [9.17, 15) is 9.90 Å². The van der Waals surface area contributed by atoms with E-state index in [1.54, 1.807) is 11.3 Å². The molecule has 0 amide bonds. The molecule has 108 valence electrons. The summed E-state index contributed by atoms with van der Waals surface area (Å²) in [7, 11) is 0. The zero-order valence-electron chi connectivity index (χ0n) is 12.2. The SMILES string of the molecule is Cc1ccc(-c2c(C(=O)O)[nH]c3c(C(C)C)cccc23)s1. The van der Waals surface area contributed by atoms with Crippen LogP contribution in [-0.2, 0) is 0 Å². The molecule has 21 heavy (non-hydrogen) atoms. The van der Waals surface area contributed by atoms with Crippen LogP contribution in [0.25, 0.3) is 21.3 Å². The first-order valence-corrected chi connectivity index (χ1v) is 7.75. The van der Waals surface area contributed by atoms with Gasteiger partial charge in [0.25, 0.3) is 0 Å². The molecule has 3 aromatic rings. The Bertz CT molecular complexity index is 827. The normalized spacial score (nSPS) is 11.4. The van der Waals surface area contributed by atoms with Crippen LogP contribution in [-0.4, -0.2) is 16.1 Å². The summed E-state index contributed by atoms with van der Waals surface area (Å²) in [4.78, 5) is 16.9. The zero-order chi connectivity index (χ0) is 15.1. The molecule has 0 saturated carbocycles. The second kappa shape index (κ2) is 5.04. The van der Waals surface area contributed by atoms with Crippen molar-refractivity contribution in [3.8, 4) is 10.4 Å². The second-order valence-electron chi connectivity index (χ2n) is 5.51. The molecular weight excluding hydrogens is 282 g/mol. The molecule has 4 heteroatoms. The van der Waals surface area contributed by atoms with Crippen LogP contribution in [0, 0.1) is 6.92 Å². The van der Waals surface area contributed by atoms with Crippen molar-refractivity contribution in [2.24, 2.45) is 0 Å². The number of aromatic carboxylic acids is 1. The van der Waals surface area contributed by atoms with Crippen LogP contribution in [0.2, 0.25) is 0 Å². The summed E-state index contributed by atoms with van der Waals surface area (Å²) in [5.41, 5.74) is 3.17. The molecule has 2 aromatic heterocycles. The fraction of sp³-hybridized carbons (Fsp3) is 0.235. The highest BCUT2D eigenvalue weighted by molar-refractivity contribution is 7.15. The van der Waals surface area contributed by atoms with Gasteiger partial charge in [-0.3, -0.25) is 0 Å². The lowest BCUT2D eigenvalue weighted by atomic mass is 9.99. The molecule has 0 fully saturated rings. The van der Waals surface area contributed by atoms with Crippen LogP contribution in [0.4, 0.5) is 0 Å². The third-order valence-electron chi connectivity index (χ3n) is 3.69. The molecule has 1 aromatic carbocycles. The minimum atomic E-state index is -0.915. The van der Waals surface area contributed by atoms with Gasteiger partial charge in [-0.1, -0.05) is 32.0 Å². The largest absolute Gasteiger partial charge is 0.477 e. The molecular formula is C17H17NO2S. The number of carboxylic acids is 1. The van der Waals surface area contributed by atoms with Gasteiger partial charge in [0.05, 0.1) is 5.52 Å². The number of hydrogen-bond acceptors (Lipinski definition) is 2. The Morgan fingerprint density at radius 1 is 1.24 bits per heavy atom. The van der Waals surface area contributed by atoms with Gasteiger partial charge < -0.3 is 10.1 Å². The number of fused-ring (bicyclic) bond motifs is 1. The molecule has 0 aliphatic carbocycles. The maximum atomic E-state index is 11.6. The molecule has 0 saturated heterocycles. The number of hydrogen-bond donors (Lipinski definition) is 2. The van der Waals surface area contributed by atoms with Gasteiger partial charge in [-0.15, -0.1) is 11.3 Å². The predicted molar refractivity (Wildman–Crippen MR) is 87.4 cm³/mol. The highest BCUT2D eigenvalue weighted by Gasteiger charge is 2.21. The summed E-state index contributed by atoms with van der Waals surface area (Å²) in [5, 5.41) is 10.5. The molecule has 2 heterocycles. The van der Waals surface area contributed by atoms with E-state index in [0.29, 0.717) is 5.92 Å². The maximum Gasteiger partial charge on any atom is 0.353 e. The fourth-order valence-electron chi connectivity index (χ4n) is 2.71. The average Bonchev–Trinajstić information content (AvgIpc) is 3.00. The van der Waals surface area contributed by atoms with Crippen molar-refractivity contribution in [2.45, 2.75) is 26.7 Å². The Hall–Kier alpha value is -2.07. The number of H-pyrrole nitrogens is 1. The Kier molecular flexibility index (Phi) is 3.33. The number of benzene rings is 1. The van der Waals surface area contributed by atoms with Gasteiger partial charge in [0.1, 0.15) is 5.69 Å². The van der Waals surface area contributed by atoms with E-state index in [1.807, 2.05) is 31.2 Å². The number of aromatic nitrogens is 1. The van der Waals surface area contributed by atoms with Gasteiger partial charge in [-0.05, 0) is 30.5 Å². The van der Waals surface area contributed by atoms with E-state index in [2.05, 4.69) is 24.9 Å². The molecule has 0 atom stereocenters.